The van der Waals surface area contributed by atoms with Crippen LogP contribution in [0.15, 0.2) is 24.3 Å². The largest absolute Gasteiger partial charge is 0.508 e. The molecule has 1 saturated heterocycles. The number of hydrogen-bond donors (Lipinski definition) is 2. The Morgan fingerprint density at radius 3 is 2.12 bits per heavy atom. The maximum Gasteiger partial charge on any atom is 0.253 e. The average Bonchev–Trinajstić information content (AvgIpc) is 2.69. The molecule has 2 amide bonds. The van der Waals surface area contributed by atoms with Gasteiger partial charge in [-0.2, -0.15) is 0 Å². The average molecular weight is 359 g/mol. The molecular formula is C20H29N3O3. The fourth-order valence-electron chi connectivity index (χ4n) is 4.13. The van der Waals surface area contributed by atoms with Crippen molar-refractivity contribution in [2.24, 2.45) is 11.1 Å². The van der Waals surface area contributed by atoms with Gasteiger partial charge in [-0.3, -0.25) is 9.59 Å². The van der Waals surface area contributed by atoms with Crippen LogP contribution in [0.5, 0.6) is 5.75 Å². The van der Waals surface area contributed by atoms with Gasteiger partial charge in [-0.25, -0.2) is 0 Å². The third-order valence-corrected chi connectivity index (χ3v) is 5.91. The van der Waals surface area contributed by atoms with Crippen LogP contribution in [0.25, 0.3) is 0 Å². The van der Waals surface area contributed by atoms with E-state index in [2.05, 4.69) is 0 Å². The van der Waals surface area contributed by atoms with Gasteiger partial charge < -0.3 is 20.6 Å². The van der Waals surface area contributed by atoms with Crippen molar-refractivity contribution in [2.75, 3.05) is 32.7 Å². The van der Waals surface area contributed by atoms with Crippen LogP contribution in [0.3, 0.4) is 0 Å². The highest BCUT2D eigenvalue weighted by atomic mass is 16.3. The van der Waals surface area contributed by atoms with E-state index in [9.17, 15) is 14.7 Å². The summed E-state index contributed by atoms with van der Waals surface area (Å²) in [7, 11) is 0. The highest BCUT2D eigenvalue weighted by molar-refractivity contribution is 5.94. The summed E-state index contributed by atoms with van der Waals surface area (Å²) in [6.07, 6.45) is 6.21. The molecule has 0 bridgehead atoms. The van der Waals surface area contributed by atoms with E-state index in [4.69, 9.17) is 5.73 Å². The lowest BCUT2D eigenvalue weighted by Crippen LogP contribution is -2.51. The van der Waals surface area contributed by atoms with E-state index >= 15 is 0 Å². The Hall–Kier alpha value is -2.08. The van der Waals surface area contributed by atoms with Crippen LogP contribution >= 0.6 is 0 Å². The third kappa shape index (κ3) is 4.18. The first-order chi connectivity index (χ1) is 12.5. The summed E-state index contributed by atoms with van der Waals surface area (Å²) in [5, 5.41) is 9.34. The lowest BCUT2D eigenvalue weighted by Gasteiger charge is -2.39. The summed E-state index contributed by atoms with van der Waals surface area (Å²) in [4.78, 5) is 28.9. The van der Waals surface area contributed by atoms with E-state index in [-0.39, 0.29) is 23.0 Å². The quantitative estimate of drug-likeness (QED) is 0.860. The lowest BCUT2D eigenvalue weighted by atomic mass is 9.71. The number of aromatic hydroxyl groups is 1. The van der Waals surface area contributed by atoms with E-state index in [1.807, 2.05) is 4.90 Å². The topological polar surface area (TPSA) is 86.9 Å². The van der Waals surface area contributed by atoms with Crippen molar-refractivity contribution in [3.8, 4) is 5.75 Å². The van der Waals surface area contributed by atoms with Gasteiger partial charge in [0, 0.05) is 38.2 Å². The zero-order valence-electron chi connectivity index (χ0n) is 15.3. The maximum absolute atomic E-state index is 12.8. The Balaban J connectivity index is 1.53. The SMILES string of the molecule is NCC1(CC(=O)N2CCN(C(=O)c3ccc(O)cc3)CC2)CCCCC1. The first-order valence-electron chi connectivity index (χ1n) is 9.59. The van der Waals surface area contributed by atoms with Gasteiger partial charge >= 0.3 is 0 Å². The molecule has 0 radical (unpaired) electrons. The second-order valence-electron chi connectivity index (χ2n) is 7.66. The number of rotatable bonds is 4. The van der Waals surface area contributed by atoms with Crippen LogP contribution in [0, 0.1) is 5.41 Å². The van der Waals surface area contributed by atoms with Crippen molar-refractivity contribution in [2.45, 2.75) is 38.5 Å². The molecule has 3 rings (SSSR count). The van der Waals surface area contributed by atoms with E-state index in [1.54, 1.807) is 17.0 Å². The number of piperazine rings is 1. The number of carbonyl (C=O) groups is 2. The smallest absolute Gasteiger partial charge is 0.253 e. The molecule has 1 aliphatic carbocycles. The molecule has 6 nitrogen and oxygen atoms in total. The minimum Gasteiger partial charge on any atom is -0.508 e. The van der Waals surface area contributed by atoms with Crippen LogP contribution < -0.4 is 5.73 Å². The van der Waals surface area contributed by atoms with Gasteiger partial charge in [0.25, 0.3) is 5.91 Å². The van der Waals surface area contributed by atoms with Crippen molar-refractivity contribution in [1.29, 1.82) is 0 Å². The van der Waals surface area contributed by atoms with E-state index in [0.717, 1.165) is 12.8 Å². The van der Waals surface area contributed by atoms with Crippen molar-refractivity contribution in [1.82, 2.24) is 9.80 Å². The summed E-state index contributed by atoms with van der Waals surface area (Å²) in [6, 6.07) is 6.29. The van der Waals surface area contributed by atoms with Crippen LogP contribution in [-0.2, 0) is 4.79 Å². The highest BCUT2D eigenvalue weighted by Crippen LogP contribution is 2.38. The van der Waals surface area contributed by atoms with Gasteiger partial charge in [0.1, 0.15) is 5.75 Å². The summed E-state index contributed by atoms with van der Waals surface area (Å²) in [6.45, 7) is 2.81. The minimum absolute atomic E-state index is 0.0195. The zero-order valence-corrected chi connectivity index (χ0v) is 15.3. The van der Waals surface area contributed by atoms with Gasteiger partial charge in [-0.15, -0.1) is 0 Å². The maximum atomic E-state index is 12.8. The lowest BCUT2D eigenvalue weighted by molar-refractivity contribution is -0.135. The molecular weight excluding hydrogens is 330 g/mol. The normalized spacial score (nSPS) is 20.0. The predicted octanol–water partition coefficient (Wildman–Crippen LogP) is 1.98. The summed E-state index contributed by atoms with van der Waals surface area (Å²) in [5.41, 5.74) is 6.55. The van der Waals surface area contributed by atoms with Gasteiger partial charge in [0.15, 0.2) is 0 Å². The molecule has 1 aromatic rings. The number of benzene rings is 1. The number of phenols is 1. The van der Waals surface area contributed by atoms with Gasteiger partial charge in [0.05, 0.1) is 0 Å². The summed E-state index contributed by atoms with van der Waals surface area (Å²) >= 11 is 0. The Morgan fingerprint density at radius 2 is 1.54 bits per heavy atom. The molecule has 1 saturated carbocycles. The number of amides is 2. The standard InChI is InChI=1S/C20H29N3O3/c21-15-20(8-2-1-3-9-20)14-18(25)22-10-12-23(13-11-22)19(26)16-4-6-17(24)7-5-16/h4-7,24H,1-3,8-15,21H2. The fraction of sp³-hybridized carbons (Fsp3) is 0.600. The van der Waals surface area contributed by atoms with Crippen molar-refractivity contribution in [3.63, 3.8) is 0 Å². The van der Waals surface area contributed by atoms with Gasteiger partial charge in [0.2, 0.25) is 5.91 Å². The molecule has 6 heteroatoms. The molecule has 26 heavy (non-hydrogen) atoms. The molecule has 142 valence electrons. The highest BCUT2D eigenvalue weighted by Gasteiger charge is 2.35. The van der Waals surface area contributed by atoms with Crippen LogP contribution in [0.4, 0.5) is 0 Å². The number of nitrogens with zero attached hydrogens (tertiary/aromatic N) is 2. The molecule has 2 aliphatic rings. The molecule has 1 aliphatic heterocycles. The molecule has 0 aromatic heterocycles. The Kier molecular flexibility index (Phi) is 5.81. The molecule has 0 unspecified atom stereocenters. The zero-order chi connectivity index (χ0) is 18.6. The molecule has 1 aromatic carbocycles. The second kappa shape index (κ2) is 8.08. The van der Waals surface area contributed by atoms with E-state index in [1.165, 1.54) is 31.4 Å². The second-order valence-corrected chi connectivity index (χ2v) is 7.66. The van der Waals surface area contributed by atoms with Gasteiger partial charge in [-0.1, -0.05) is 19.3 Å². The fourth-order valence-corrected chi connectivity index (χ4v) is 4.13. The van der Waals surface area contributed by atoms with E-state index < -0.39 is 0 Å². The molecule has 0 spiro atoms. The first kappa shape index (κ1) is 18.7. The summed E-state index contributed by atoms with van der Waals surface area (Å²) in [5.74, 6) is 0.269. The molecule has 2 fully saturated rings. The van der Waals surface area contributed by atoms with Gasteiger partial charge in [-0.05, 0) is 49.1 Å². The number of carbonyl (C=O) groups excluding carboxylic acids is 2. The predicted molar refractivity (Wildman–Crippen MR) is 99.8 cm³/mol. The number of phenolic OH excluding ortho intramolecular Hbond substituents is 1. The van der Waals surface area contributed by atoms with E-state index in [0.29, 0.717) is 44.7 Å². The van der Waals surface area contributed by atoms with Crippen molar-refractivity contribution >= 4 is 11.8 Å². The first-order valence-corrected chi connectivity index (χ1v) is 9.59. The molecule has 0 atom stereocenters. The van der Waals surface area contributed by atoms with Crippen molar-refractivity contribution < 1.29 is 14.7 Å². The number of hydrogen-bond acceptors (Lipinski definition) is 4. The third-order valence-electron chi connectivity index (χ3n) is 5.91. The van der Waals surface area contributed by atoms with Crippen LogP contribution in [0.1, 0.15) is 48.9 Å². The Bertz CT molecular complexity index is 630. The molecule has 3 N–H and O–H groups in total. The van der Waals surface area contributed by atoms with Crippen LogP contribution in [-0.4, -0.2) is 59.4 Å². The summed E-state index contributed by atoms with van der Waals surface area (Å²) < 4.78 is 0. The minimum atomic E-state index is -0.0530. The Morgan fingerprint density at radius 1 is 0.962 bits per heavy atom. The Labute approximate surface area is 155 Å². The monoisotopic (exact) mass is 359 g/mol. The van der Waals surface area contributed by atoms with Crippen molar-refractivity contribution in [3.05, 3.63) is 29.8 Å². The molecule has 1 heterocycles. The van der Waals surface area contributed by atoms with Crippen LogP contribution in [0.2, 0.25) is 0 Å². The number of nitrogens with two attached hydrogens (primary N) is 1.